The summed E-state index contributed by atoms with van der Waals surface area (Å²) >= 11 is 0. The lowest BCUT2D eigenvalue weighted by atomic mass is 9.71. The van der Waals surface area contributed by atoms with Crippen molar-refractivity contribution < 1.29 is 4.74 Å². The molecule has 0 spiro atoms. The van der Waals surface area contributed by atoms with Crippen LogP contribution in [0.25, 0.3) is 0 Å². The minimum atomic E-state index is 0.675. The van der Waals surface area contributed by atoms with E-state index in [4.69, 9.17) is 4.74 Å². The minimum absolute atomic E-state index is 0.675. The summed E-state index contributed by atoms with van der Waals surface area (Å²) in [6.45, 7) is 11.4. The van der Waals surface area contributed by atoms with Crippen LogP contribution in [0.15, 0.2) is 0 Å². The Bertz CT molecular complexity index is 329. The molecule has 0 aliphatic rings. The highest BCUT2D eigenvalue weighted by Crippen LogP contribution is 2.41. The third kappa shape index (κ3) is 22.2. The summed E-state index contributed by atoms with van der Waals surface area (Å²) in [4.78, 5) is 0. The van der Waals surface area contributed by atoms with E-state index in [0.717, 1.165) is 13.2 Å². The van der Waals surface area contributed by atoms with Crippen LogP contribution in [0.3, 0.4) is 0 Å². The summed E-state index contributed by atoms with van der Waals surface area (Å²) < 4.78 is 5.86. The molecule has 1 nitrogen and oxygen atoms in total. The molecule has 1 heteroatoms. The van der Waals surface area contributed by atoms with Gasteiger partial charge in [-0.3, -0.25) is 0 Å². The van der Waals surface area contributed by atoms with Crippen LogP contribution >= 0.6 is 0 Å². The van der Waals surface area contributed by atoms with E-state index < -0.39 is 0 Å². The van der Waals surface area contributed by atoms with Gasteiger partial charge in [0.1, 0.15) is 0 Å². The third-order valence-electron chi connectivity index (χ3n) is 7.82. The Labute approximate surface area is 211 Å². The fourth-order valence-electron chi connectivity index (χ4n) is 5.43. The molecular formula is C32H66O. The molecule has 0 aliphatic heterocycles. The SMILES string of the molecule is CCCCCCCCCCOCCCCCCCCCC(CCCC)(CCCC)CCCC. The Morgan fingerprint density at radius 2 is 0.636 bits per heavy atom. The first-order valence-electron chi connectivity index (χ1n) is 15.8. The number of ether oxygens (including phenoxy) is 1. The van der Waals surface area contributed by atoms with Crippen LogP contribution in [0.2, 0.25) is 0 Å². The molecule has 0 saturated heterocycles. The van der Waals surface area contributed by atoms with Gasteiger partial charge in [-0.1, -0.05) is 150 Å². The molecule has 200 valence electrons. The van der Waals surface area contributed by atoms with Crippen LogP contribution in [-0.4, -0.2) is 13.2 Å². The van der Waals surface area contributed by atoms with Gasteiger partial charge in [0, 0.05) is 13.2 Å². The lowest BCUT2D eigenvalue weighted by Gasteiger charge is -2.35. The molecule has 0 aromatic rings. The van der Waals surface area contributed by atoms with E-state index in [9.17, 15) is 0 Å². The van der Waals surface area contributed by atoms with Crippen LogP contribution in [-0.2, 0) is 4.74 Å². The highest BCUT2D eigenvalue weighted by atomic mass is 16.5. The zero-order chi connectivity index (χ0) is 24.3. The van der Waals surface area contributed by atoms with Gasteiger partial charge in [0.2, 0.25) is 0 Å². The fourth-order valence-corrected chi connectivity index (χ4v) is 5.43. The predicted molar refractivity (Wildman–Crippen MR) is 151 cm³/mol. The standard InChI is InChI=1S/C32H66O/c1-5-9-13-14-15-18-21-24-30-33-31-25-22-19-16-17-20-23-29-32(26-10-6-2,27-11-7-3)28-12-8-4/h5-31H2,1-4H3. The van der Waals surface area contributed by atoms with E-state index in [1.54, 1.807) is 0 Å². The maximum Gasteiger partial charge on any atom is 0.0466 e. The second kappa shape index (κ2) is 26.6. The number of hydrogen-bond donors (Lipinski definition) is 0. The van der Waals surface area contributed by atoms with Gasteiger partial charge in [0.15, 0.2) is 0 Å². The lowest BCUT2D eigenvalue weighted by Crippen LogP contribution is -2.21. The quantitative estimate of drug-likeness (QED) is 0.104. The molecule has 0 bridgehead atoms. The van der Waals surface area contributed by atoms with E-state index in [-0.39, 0.29) is 0 Å². The van der Waals surface area contributed by atoms with Gasteiger partial charge in [0.05, 0.1) is 0 Å². The van der Waals surface area contributed by atoms with E-state index in [1.165, 1.54) is 161 Å². The van der Waals surface area contributed by atoms with Crippen LogP contribution in [0.4, 0.5) is 0 Å². The fraction of sp³-hybridized carbons (Fsp3) is 1.00. The topological polar surface area (TPSA) is 9.23 Å². The van der Waals surface area contributed by atoms with Crippen molar-refractivity contribution in [2.75, 3.05) is 13.2 Å². The van der Waals surface area contributed by atoms with Crippen molar-refractivity contribution in [3.63, 3.8) is 0 Å². The maximum atomic E-state index is 5.86. The zero-order valence-electron chi connectivity index (χ0n) is 24.0. The summed E-state index contributed by atoms with van der Waals surface area (Å²) in [5.74, 6) is 0. The van der Waals surface area contributed by atoms with Crippen molar-refractivity contribution in [3.8, 4) is 0 Å². The first-order chi connectivity index (χ1) is 16.2. The Balaban J connectivity index is 3.63. The van der Waals surface area contributed by atoms with E-state index >= 15 is 0 Å². The number of unbranched alkanes of at least 4 members (excludes halogenated alkanes) is 16. The first-order valence-corrected chi connectivity index (χ1v) is 15.8. The molecule has 0 aliphatic carbocycles. The van der Waals surface area contributed by atoms with Gasteiger partial charge in [-0.25, -0.2) is 0 Å². The molecule has 0 aromatic carbocycles. The second-order valence-corrected chi connectivity index (χ2v) is 11.1. The molecule has 0 radical (unpaired) electrons. The van der Waals surface area contributed by atoms with Gasteiger partial charge >= 0.3 is 0 Å². The molecular weight excluding hydrogens is 400 g/mol. The van der Waals surface area contributed by atoms with Crippen LogP contribution in [0.1, 0.15) is 188 Å². The van der Waals surface area contributed by atoms with Gasteiger partial charge in [-0.15, -0.1) is 0 Å². The van der Waals surface area contributed by atoms with Crippen molar-refractivity contribution in [2.45, 2.75) is 188 Å². The Kier molecular flexibility index (Phi) is 26.5. The first kappa shape index (κ1) is 33.0. The normalized spacial score (nSPS) is 12.0. The Morgan fingerprint density at radius 1 is 0.333 bits per heavy atom. The van der Waals surface area contributed by atoms with Gasteiger partial charge in [-0.2, -0.15) is 0 Å². The molecule has 0 amide bonds. The number of hydrogen-bond acceptors (Lipinski definition) is 1. The molecule has 0 N–H and O–H groups in total. The average Bonchev–Trinajstić information content (AvgIpc) is 2.83. The van der Waals surface area contributed by atoms with Crippen molar-refractivity contribution >= 4 is 0 Å². The average molecular weight is 467 g/mol. The van der Waals surface area contributed by atoms with E-state index in [2.05, 4.69) is 27.7 Å². The molecule has 0 aromatic heterocycles. The third-order valence-corrected chi connectivity index (χ3v) is 7.82. The highest BCUT2D eigenvalue weighted by molar-refractivity contribution is 4.79. The summed E-state index contributed by atoms with van der Waals surface area (Å²) in [5, 5.41) is 0. The van der Waals surface area contributed by atoms with Crippen molar-refractivity contribution in [1.29, 1.82) is 0 Å². The summed E-state index contributed by atoms with van der Waals surface area (Å²) in [7, 11) is 0. The Hall–Kier alpha value is -0.0400. The largest absolute Gasteiger partial charge is 0.381 e. The van der Waals surface area contributed by atoms with Crippen molar-refractivity contribution in [2.24, 2.45) is 5.41 Å². The monoisotopic (exact) mass is 467 g/mol. The van der Waals surface area contributed by atoms with E-state index in [0.29, 0.717) is 5.41 Å². The molecule has 0 saturated carbocycles. The van der Waals surface area contributed by atoms with Crippen molar-refractivity contribution in [1.82, 2.24) is 0 Å². The van der Waals surface area contributed by atoms with Gasteiger partial charge in [0.25, 0.3) is 0 Å². The maximum absolute atomic E-state index is 5.86. The summed E-state index contributed by atoms with van der Waals surface area (Å²) in [5.41, 5.74) is 0.675. The lowest BCUT2D eigenvalue weighted by molar-refractivity contribution is 0.125. The van der Waals surface area contributed by atoms with Gasteiger partial charge in [-0.05, 0) is 43.9 Å². The zero-order valence-corrected chi connectivity index (χ0v) is 24.0. The summed E-state index contributed by atoms with van der Waals surface area (Å²) in [6.07, 6.45) is 35.3. The molecule has 0 rings (SSSR count). The molecule has 0 unspecified atom stereocenters. The van der Waals surface area contributed by atoms with E-state index in [1.807, 2.05) is 0 Å². The van der Waals surface area contributed by atoms with Crippen LogP contribution in [0.5, 0.6) is 0 Å². The van der Waals surface area contributed by atoms with Crippen molar-refractivity contribution in [3.05, 3.63) is 0 Å². The highest BCUT2D eigenvalue weighted by Gasteiger charge is 2.27. The minimum Gasteiger partial charge on any atom is -0.381 e. The second-order valence-electron chi connectivity index (χ2n) is 11.1. The van der Waals surface area contributed by atoms with Crippen LogP contribution < -0.4 is 0 Å². The smallest absolute Gasteiger partial charge is 0.0466 e. The molecule has 0 fully saturated rings. The molecule has 0 heterocycles. The molecule has 33 heavy (non-hydrogen) atoms. The Morgan fingerprint density at radius 3 is 1.03 bits per heavy atom. The molecule has 0 atom stereocenters. The predicted octanol–water partition coefficient (Wildman–Crippen LogP) is 11.8. The van der Waals surface area contributed by atoms with Crippen LogP contribution in [0, 0.1) is 5.41 Å². The van der Waals surface area contributed by atoms with Gasteiger partial charge < -0.3 is 4.74 Å². The number of rotatable bonds is 28. The summed E-state index contributed by atoms with van der Waals surface area (Å²) in [6, 6.07) is 0.